The van der Waals surface area contributed by atoms with Crippen molar-refractivity contribution >= 4 is 33.2 Å². The summed E-state index contributed by atoms with van der Waals surface area (Å²) in [6, 6.07) is 10.3. The van der Waals surface area contributed by atoms with Gasteiger partial charge in [0.2, 0.25) is 0 Å². The monoisotopic (exact) mass is 352 g/mol. The van der Waals surface area contributed by atoms with Crippen molar-refractivity contribution in [2.24, 2.45) is 0 Å². The van der Waals surface area contributed by atoms with Crippen molar-refractivity contribution < 1.29 is 4.39 Å². The average Bonchev–Trinajstić information content (AvgIpc) is 2.43. The van der Waals surface area contributed by atoms with Crippen molar-refractivity contribution in [2.75, 3.05) is 5.32 Å². The highest BCUT2D eigenvalue weighted by Gasteiger charge is 2.09. The third-order valence-corrected chi connectivity index (χ3v) is 3.98. The van der Waals surface area contributed by atoms with Gasteiger partial charge in [0, 0.05) is 21.6 Å². The quantitative estimate of drug-likeness (QED) is 0.839. The minimum absolute atomic E-state index is 0.0466. The van der Waals surface area contributed by atoms with Gasteiger partial charge >= 0.3 is 0 Å². The summed E-state index contributed by atoms with van der Waals surface area (Å²) in [7, 11) is 0. The fourth-order valence-corrected chi connectivity index (χ4v) is 2.54. The van der Waals surface area contributed by atoms with Gasteiger partial charge in [0.15, 0.2) is 0 Å². The first-order valence-corrected chi connectivity index (χ1v) is 7.07. The third kappa shape index (κ3) is 3.12. The Bertz CT molecular complexity index is 695. The van der Waals surface area contributed by atoms with Crippen molar-refractivity contribution in [2.45, 2.75) is 13.5 Å². The van der Waals surface area contributed by atoms with Crippen molar-refractivity contribution in [1.29, 1.82) is 5.26 Å². The lowest BCUT2D eigenvalue weighted by Gasteiger charge is -2.11. The molecule has 102 valence electrons. The maximum atomic E-state index is 13.9. The third-order valence-electron chi connectivity index (χ3n) is 2.92. The van der Waals surface area contributed by atoms with Gasteiger partial charge in [-0.3, -0.25) is 0 Å². The summed E-state index contributed by atoms with van der Waals surface area (Å²) in [4.78, 5) is 0. The molecule has 0 atom stereocenters. The topological polar surface area (TPSA) is 35.8 Å². The van der Waals surface area contributed by atoms with E-state index in [4.69, 9.17) is 16.9 Å². The molecule has 0 saturated heterocycles. The maximum absolute atomic E-state index is 13.9. The molecule has 0 aliphatic carbocycles. The Morgan fingerprint density at radius 3 is 2.85 bits per heavy atom. The molecule has 0 aliphatic rings. The van der Waals surface area contributed by atoms with Crippen LogP contribution < -0.4 is 5.32 Å². The van der Waals surface area contributed by atoms with Gasteiger partial charge in [-0.05, 0) is 46.6 Å². The first-order valence-electron chi connectivity index (χ1n) is 5.90. The number of rotatable bonds is 3. The molecule has 2 aromatic rings. The fraction of sp³-hybridized carbons (Fsp3) is 0.133. The summed E-state index contributed by atoms with van der Waals surface area (Å²) < 4.78 is 14.8. The average molecular weight is 354 g/mol. The number of nitriles is 1. The highest BCUT2D eigenvalue weighted by atomic mass is 79.9. The van der Waals surface area contributed by atoms with Crippen LogP contribution in [0.4, 0.5) is 10.1 Å². The van der Waals surface area contributed by atoms with Crippen LogP contribution >= 0.6 is 27.5 Å². The van der Waals surface area contributed by atoms with Gasteiger partial charge in [-0.2, -0.15) is 5.26 Å². The summed E-state index contributed by atoms with van der Waals surface area (Å²) in [6.45, 7) is 2.19. The minimum Gasteiger partial charge on any atom is -0.380 e. The lowest BCUT2D eigenvalue weighted by atomic mass is 10.1. The van der Waals surface area contributed by atoms with E-state index in [0.717, 1.165) is 15.7 Å². The molecular formula is C15H11BrClFN2. The van der Waals surface area contributed by atoms with E-state index < -0.39 is 5.82 Å². The second-order valence-corrected chi connectivity index (χ2v) is 5.59. The van der Waals surface area contributed by atoms with Crippen LogP contribution in [0, 0.1) is 24.1 Å². The molecule has 0 saturated carbocycles. The molecule has 0 bridgehead atoms. The van der Waals surface area contributed by atoms with E-state index in [2.05, 4.69) is 21.2 Å². The number of nitrogens with zero attached hydrogens (tertiary/aromatic N) is 1. The van der Waals surface area contributed by atoms with E-state index in [1.807, 2.05) is 19.1 Å². The summed E-state index contributed by atoms with van der Waals surface area (Å²) in [5.41, 5.74) is 2.22. The van der Waals surface area contributed by atoms with Gasteiger partial charge in [-0.25, -0.2) is 4.39 Å². The Morgan fingerprint density at radius 2 is 2.15 bits per heavy atom. The van der Waals surface area contributed by atoms with Crippen LogP contribution in [0.2, 0.25) is 5.02 Å². The molecule has 0 radical (unpaired) electrons. The predicted molar refractivity (Wildman–Crippen MR) is 82.3 cm³/mol. The molecular weight excluding hydrogens is 343 g/mol. The molecule has 0 spiro atoms. The Hall–Kier alpha value is -1.57. The summed E-state index contributed by atoms with van der Waals surface area (Å²) >= 11 is 9.50. The Balaban J connectivity index is 2.22. The van der Waals surface area contributed by atoms with Gasteiger partial charge in [0.25, 0.3) is 0 Å². The number of halogens is 3. The molecule has 2 nitrogen and oxygen atoms in total. The van der Waals surface area contributed by atoms with Crippen molar-refractivity contribution in [3.8, 4) is 6.07 Å². The van der Waals surface area contributed by atoms with Crippen LogP contribution in [0.3, 0.4) is 0 Å². The molecule has 0 amide bonds. The molecule has 0 aliphatic heterocycles. The lowest BCUT2D eigenvalue weighted by molar-refractivity contribution is 0.609. The normalized spacial score (nSPS) is 10.2. The van der Waals surface area contributed by atoms with Crippen molar-refractivity contribution in [1.82, 2.24) is 0 Å². The predicted octanol–water partition coefficient (Wildman–Crippen LogP) is 5.03. The molecule has 0 heterocycles. The van der Waals surface area contributed by atoms with Crippen LogP contribution in [-0.2, 0) is 6.54 Å². The number of hydrogen-bond acceptors (Lipinski definition) is 2. The van der Waals surface area contributed by atoms with E-state index >= 15 is 0 Å². The van der Waals surface area contributed by atoms with Crippen LogP contribution in [0.15, 0.2) is 34.8 Å². The van der Waals surface area contributed by atoms with Crippen LogP contribution in [0.25, 0.3) is 0 Å². The zero-order valence-electron chi connectivity index (χ0n) is 10.7. The molecule has 20 heavy (non-hydrogen) atoms. The zero-order valence-corrected chi connectivity index (χ0v) is 13.0. The second kappa shape index (κ2) is 6.25. The minimum atomic E-state index is -0.489. The molecule has 0 aromatic heterocycles. The first kappa shape index (κ1) is 14.8. The highest BCUT2D eigenvalue weighted by Crippen LogP contribution is 2.29. The molecule has 0 fully saturated rings. The standard InChI is InChI=1S/C15H11BrClFN2/c1-9-5-12(16)14(6-13(9)17)20-8-11-4-2-3-10(7-19)15(11)18/h2-6,20H,8H2,1H3. The van der Waals surface area contributed by atoms with Crippen molar-refractivity contribution in [3.63, 3.8) is 0 Å². The molecule has 0 unspecified atom stereocenters. The van der Waals surface area contributed by atoms with Gasteiger partial charge in [-0.15, -0.1) is 0 Å². The van der Waals surface area contributed by atoms with Crippen LogP contribution in [-0.4, -0.2) is 0 Å². The molecule has 2 rings (SSSR count). The SMILES string of the molecule is Cc1cc(Br)c(NCc2cccc(C#N)c2F)cc1Cl. The van der Waals surface area contributed by atoms with Gasteiger partial charge in [0.05, 0.1) is 11.3 Å². The van der Waals surface area contributed by atoms with E-state index in [9.17, 15) is 4.39 Å². The number of hydrogen-bond donors (Lipinski definition) is 1. The summed E-state index contributed by atoms with van der Waals surface area (Å²) in [6.07, 6.45) is 0. The number of anilines is 1. The van der Waals surface area contributed by atoms with Gasteiger partial charge < -0.3 is 5.32 Å². The van der Waals surface area contributed by atoms with E-state index in [-0.39, 0.29) is 12.1 Å². The van der Waals surface area contributed by atoms with E-state index in [1.165, 1.54) is 6.07 Å². The van der Waals surface area contributed by atoms with Gasteiger partial charge in [-0.1, -0.05) is 23.7 Å². The Morgan fingerprint density at radius 1 is 1.40 bits per heavy atom. The first-order chi connectivity index (χ1) is 9.52. The maximum Gasteiger partial charge on any atom is 0.145 e. The molecule has 2 aromatic carbocycles. The fourth-order valence-electron chi connectivity index (χ4n) is 1.77. The van der Waals surface area contributed by atoms with E-state index in [1.54, 1.807) is 18.2 Å². The number of aryl methyl sites for hydroxylation is 1. The summed E-state index contributed by atoms with van der Waals surface area (Å²) in [5.74, 6) is -0.489. The molecule has 5 heteroatoms. The smallest absolute Gasteiger partial charge is 0.145 e. The number of nitrogens with one attached hydrogen (secondary N) is 1. The van der Waals surface area contributed by atoms with Gasteiger partial charge in [0.1, 0.15) is 11.9 Å². The Labute approximate surface area is 130 Å². The van der Waals surface area contributed by atoms with Crippen molar-refractivity contribution in [3.05, 3.63) is 62.3 Å². The lowest BCUT2D eigenvalue weighted by Crippen LogP contribution is -2.04. The second-order valence-electron chi connectivity index (χ2n) is 4.33. The number of benzene rings is 2. The van der Waals surface area contributed by atoms with Crippen LogP contribution in [0.1, 0.15) is 16.7 Å². The summed E-state index contributed by atoms with van der Waals surface area (Å²) in [5, 5.41) is 12.6. The molecule has 1 N–H and O–H groups in total. The van der Waals surface area contributed by atoms with E-state index in [0.29, 0.717) is 10.6 Å². The largest absolute Gasteiger partial charge is 0.380 e. The highest BCUT2D eigenvalue weighted by molar-refractivity contribution is 9.10. The zero-order chi connectivity index (χ0) is 14.7. The Kier molecular flexibility index (Phi) is 4.64. The van der Waals surface area contributed by atoms with Crippen LogP contribution in [0.5, 0.6) is 0 Å².